The topological polar surface area (TPSA) is 73.7 Å². The van der Waals surface area contributed by atoms with Gasteiger partial charge in [0.1, 0.15) is 5.75 Å². The van der Waals surface area contributed by atoms with Crippen LogP contribution in [0.15, 0.2) is 97.3 Å². The molecule has 1 atom stereocenters. The van der Waals surface area contributed by atoms with Gasteiger partial charge in [0.2, 0.25) is 5.78 Å². The van der Waals surface area contributed by atoms with Gasteiger partial charge in [0.05, 0.1) is 20.3 Å². The Bertz CT molecular complexity index is 1240. The van der Waals surface area contributed by atoms with Crippen LogP contribution >= 0.6 is 0 Å². The van der Waals surface area contributed by atoms with Crippen molar-refractivity contribution in [2.45, 2.75) is 12.5 Å². The summed E-state index contributed by atoms with van der Waals surface area (Å²) in [6.07, 6.45) is 2.79. The lowest BCUT2D eigenvalue weighted by Gasteiger charge is -2.31. The molecule has 0 saturated heterocycles. The van der Waals surface area contributed by atoms with E-state index in [0.29, 0.717) is 17.3 Å². The van der Waals surface area contributed by atoms with Crippen molar-refractivity contribution in [2.75, 3.05) is 19.1 Å². The second-order valence-electron chi connectivity index (χ2n) is 7.55. The Morgan fingerprint density at radius 1 is 0.912 bits per heavy atom. The van der Waals surface area contributed by atoms with E-state index in [2.05, 4.69) is 4.98 Å². The molecule has 1 amide bonds. The van der Waals surface area contributed by atoms with E-state index in [1.165, 1.54) is 12.0 Å². The van der Waals surface area contributed by atoms with Gasteiger partial charge in [-0.25, -0.2) is 9.78 Å². The lowest BCUT2D eigenvalue weighted by Crippen LogP contribution is -2.36. The van der Waals surface area contributed by atoms with E-state index in [0.717, 1.165) is 11.3 Å². The van der Waals surface area contributed by atoms with Crippen LogP contribution in [-0.4, -0.2) is 35.6 Å². The van der Waals surface area contributed by atoms with Crippen molar-refractivity contribution >= 4 is 17.6 Å². The van der Waals surface area contributed by atoms with Crippen molar-refractivity contribution < 1.29 is 19.1 Å². The summed E-state index contributed by atoms with van der Waals surface area (Å²) in [6, 6.07) is 25.4. The summed E-state index contributed by atoms with van der Waals surface area (Å²) in [5, 5.41) is 0. The molecule has 0 spiro atoms. The summed E-state index contributed by atoms with van der Waals surface area (Å²) < 4.78 is 12.1. The van der Waals surface area contributed by atoms with Gasteiger partial charge < -0.3 is 9.47 Å². The highest BCUT2D eigenvalue weighted by Gasteiger charge is 2.31. The average molecular weight is 456 g/mol. The van der Waals surface area contributed by atoms with Gasteiger partial charge in [0.15, 0.2) is 5.82 Å². The summed E-state index contributed by atoms with van der Waals surface area (Å²) in [6.45, 7) is 0. The number of rotatable bonds is 8. The molecule has 0 N–H and O–H groups in total. The average Bonchev–Trinajstić information content (AvgIpc) is 3.40. The second-order valence-corrected chi connectivity index (χ2v) is 7.55. The number of imidazole rings is 1. The van der Waals surface area contributed by atoms with E-state index in [4.69, 9.17) is 9.47 Å². The van der Waals surface area contributed by atoms with E-state index in [-0.39, 0.29) is 12.2 Å². The largest absolute Gasteiger partial charge is 0.497 e. The smallest absolute Gasteiger partial charge is 0.414 e. The molecular weight excluding hydrogens is 430 g/mol. The molecule has 0 saturated carbocycles. The Morgan fingerprint density at radius 3 is 2.18 bits per heavy atom. The highest BCUT2D eigenvalue weighted by atomic mass is 16.5. The highest BCUT2D eigenvalue weighted by Crippen LogP contribution is 2.33. The van der Waals surface area contributed by atoms with Crippen molar-refractivity contribution in [3.05, 3.63) is 109 Å². The predicted octanol–water partition coefficient (Wildman–Crippen LogP) is 5.47. The number of ether oxygens (including phenoxy) is 2. The van der Waals surface area contributed by atoms with Gasteiger partial charge in [-0.3, -0.25) is 14.3 Å². The van der Waals surface area contributed by atoms with Gasteiger partial charge in [-0.2, -0.15) is 0 Å². The Labute approximate surface area is 198 Å². The van der Waals surface area contributed by atoms with E-state index >= 15 is 0 Å². The second kappa shape index (κ2) is 10.5. The molecule has 0 aliphatic heterocycles. The summed E-state index contributed by atoms with van der Waals surface area (Å²) in [5.41, 5.74) is 2.22. The molecule has 0 bridgehead atoms. The quantitative estimate of drug-likeness (QED) is 0.330. The fourth-order valence-corrected chi connectivity index (χ4v) is 3.86. The molecule has 0 aliphatic rings. The minimum absolute atomic E-state index is 0.00892. The van der Waals surface area contributed by atoms with E-state index in [1.807, 2.05) is 60.7 Å². The Balaban J connectivity index is 1.74. The Hall–Kier alpha value is -4.39. The number of nitrogens with zero attached hydrogens (tertiary/aromatic N) is 3. The normalized spacial score (nSPS) is 11.5. The van der Waals surface area contributed by atoms with Gasteiger partial charge in [0, 0.05) is 30.2 Å². The molecule has 1 heterocycles. The third-order valence-electron chi connectivity index (χ3n) is 5.52. The van der Waals surface area contributed by atoms with E-state index < -0.39 is 12.1 Å². The molecule has 0 fully saturated rings. The number of carbonyl (C=O) groups is 2. The maximum atomic E-state index is 13.5. The van der Waals surface area contributed by atoms with Gasteiger partial charge in [-0.05, 0) is 42.0 Å². The van der Waals surface area contributed by atoms with E-state index in [1.54, 1.807) is 48.3 Å². The van der Waals surface area contributed by atoms with Crippen molar-refractivity contribution in [3.63, 3.8) is 0 Å². The molecule has 34 heavy (non-hydrogen) atoms. The zero-order valence-corrected chi connectivity index (χ0v) is 19.0. The zero-order valence-electron chi connectivity index (χ0n) is 19.0. The first-order valence-corrected chi connectivity index (χ1v) is 10.8. The molecule has 0 aliphatic carbocycles. The molecule has 4 rings (SSSR count). The van der Waals surface area contributed by atoms with Crippen molar-refractivity contribution in [1.29, 1.82) is 0 Å². The Morgan fingerprint density at radius 2 is 1.56 bits per heavy atom. The number of aromatic nitrogens is 2. The van der Waals surface area contributed by atoms with Gasteiger partial charge >= 0.3 is 6.09 Å². The third kappa shape index (κ3) is 4.83. The SMILES string of the molecule is COC(=O)N(c1ccc(OC)cc1)C(CC(=O)c1nccn1-c1ccccc1)c1ccccc1. The van der Waals surface area contributed by atoms with Crippen LogP contribution in [-0.2, 0) is 4.74 Å². The number of ketones is 1. The van der Waals surface area contributed by atoms with Crippen LogP contribution in [0.4, 0.5) is 10.5 Å². The number of anilines is 1. The zero-order chi connectivity index (χ0) is 23.9. The fourth-order valence-electron chi connectivity index (χ4n) is 3.86. The van der Waals surface area contributed by atoms with Crippen LogP contribution in [0.1, 0.15) is 28.6 Å². The number of methoxy groups -OCH3 is 2. The summed E-state index contributed by atoms with van der Waals surface area (Å²) >= 11 is 0. The predicted molar refractivity (Wildman–Crippen MR) is 130 cm³/mol. The van der Waals surface area contributed by atoms with Gasteiger partial charge in [-0.1, -0.05) is 48.5 Å². The van der Waals surface area contributed by atoms with E-state index in [9.17, 15) is 9.59 Å². The molecule has 1 aromatic heterocycles. The lowest BCUT2D eigenvalue weighted by molar-refractivity contribution is 0.0960. The van der Waals surface area contributed by atoms with Crippen LogP contribution in [0, 0.1) is 0 Å². The van der Waals surface area contributed by atoms with Gasteiger partial charge in [-0.15, -0.1) is 0 Å². The van der Waals surface area contributed by atoms with Crippen LogP contribution in [0.25, 0.3) is 5.69 Å². The van der Waals surface area contributed by atoms with Crippen LogP contribution in [0.3, 0.4) is 0 Å². The number of amides is 1. The first kappa shape index (κ1) is 22.8. The van der Waals surface area contributed by atoms with Crippen molar-refractivity contribution in [1.82, 2.24) is 9.55 Å². The monoisotopic (exact) mass is 455 g/mol. The number of benzene rings is 3. The molecule has 0 radical (unpaired) electrons. The number of hydrogen-bond donors (Lipinski definition) is 0. The first-order chi connectivity index (χ1) is 16.6. The fraction of sp³-hybridized carbons (Fsp3) is 0.148. The van der Waals surface area contributed by atoms with Crippen LogP contribution in [0.2, 0.25) is 0 Å². The number of carbonyl (C=O) groups excluding carboxylic acids is 2. The van der Waals surface area contributed by atoms with Gasteiger partial charge in [0.25, 0.3) is 0 Å². The summed E-state index contributed by atoms with van der Waals surface area (Å²) in [5.74, 6) is 0.752. The minimum atomic E-state index is -0.615. The molecule has 7 heteroatoms. The standard InChI is InChI=1S/C27H25N3O4/c1-33-23-15-13-22(14-16-23)30(27(32)34-2)24(20-9-5-3-6-10-20)19-25(31)26-28-17-18-29(26)21-11-7-4-8-12-21/h3-18,24H,19H2,1-2H3. The van der Waals surface area contributed by atoms with Crippen LogP contribution < -0.4 is 9.64 Å². The lowest BCUT2D eigenvalue weighted by atomic mass is 9.98. The summed E-state index contributed by atoms with van der Waals surface area (Å²) in [7, 11) is 2.90. The minimum Gasteiger partial charge on any atom is -0.497 e. The maximum Gasteiger partial charge on any atom is 0.414 e. The molecule has 4 aromatic rings. The molecule has 3 aromatic carbocycles. The van der Waals surface area contributed by atoms with Crippen LogP contribution in [0.5, 0.6) is 5.75 Å². The number of para-hydroxylation sites is 1. The first-order valence-electron chi connectivity index (χ1n) is 10.8. The van der Waals surface area contributed by atoms with Crippen molar-refractivity contribution in [3.8, 4) is 11.4 Å². The third-order valence-corrected chi connectivity index (χ3v) is 5.52. The number of hydrogen-bond acceptors (Lipinski definition) is 5. The number of Topliss-reactive ketones (excluding diaryl/α,β-unsaturated/α-hetero) is 1. The summed E-state index contributed by atoms with van der Waals surface area (Å²) in [4.78, 5) is 32.3. The molecule has 1 unspecified atom stereocenters. The van der Waals surface area contributed by atoms with Crippen molar-refractivity contribution in [2.24, 2.45) is 0 Å². The Kier molecular flexibility index (Phi) is 7.03. The molecule has 172 valence electrons. The molecular formula is C27H25N3O4. The maximum absolute atomic E-state index is 13.5. The highest BCUT2D eigenvalue weighted by molar-refractivity contribution is 5.96. The molecule has 7 nitrogen and oxygen atoms in total.